The average Bonchev–Trinajstić information content (AvgIpc) is 3.68. The van der Waals surface area contributed by atoms with E-state index >= 15 is 0 Å². The summed E-state index contributed by atoms with van der Waals surface area (Å²) in [6.07, 6.45) is 30.1. The largest absolute Gasteiger partial charge is 2.00 e. The van der Waals surface area contributed by atoms with E-state index in [2.05, 4.69) is 48.5 Å². The smallest absolute Gasteiger partial charge is 0.213 e. The van der Waals surface area contributed by atoms with Crippen LogP contribution in [0.1, 0.15) is 128 Å². The van der Waals surface area contributed by atoms with Crippen LogP contribution in [0.4, 0.5) is 0 Å². The van der Waals surface area contributed by atoms with Crippen molar-refractivity contribution >= 4 is 26.5 Å². The molecular formula is C34H52CoP2. The van der Waals surface area contributed by atoms with Gasteiger partial charge in [0.2, 0.25) is 0 Å². The van der Waals surface area contributed by atoms with Crippen molar-refractivity contribution in [2.75, 3.05) is 0 Å². The number of rotatable bonds is 6. The first-order chi connectivity index (χ1) is 17.9. The minimum atomic E-state index is 0. The van der Waals surface area contributed by atoms with Gasteiger partial charge in [0.15, 0.2) is 0 Å². The van der Waals surface area contributed by atoms with Crippen molar-refractivity contribution in [1.29, 1.82) is 0 Å². The zero-order chi connectivity index (χ0) is 24.4. The molecule has 0 N–H and O–H groups in total. The van der Waals surface area contributed by atoms with Crippen molar-refractivity contribution in [2.24, 2.45) is 0 Å². The summed E-state index contributed by atoms with van der Waals surface area (Å²) >= 11 is 0. The third-order valence-corrected chi connectivity index (χ3v) is 16.8. The molecule has 2 aromatic rings. The zero-order valence-electron chi connectivity index (χ0n) is 23.3. The molecule has 1 radical (unpaired) electrons. The predicted octanol–water partition coefficient (Wildman–Crippen LogP) is 10.4. The van der Waals surface area contributed by atoms with Gasteiger partial charge in [-0.3, -0.25) is 0 Å². The Morgan fingerprint density at radius 1 is 0.432 bits per heavy atom. The Hall–Kier alpha value is 0.0665. The Labute approximate surface area is 242 Å². The molecular weight excluding hydrogens is 529 g/mol. The quantitative estimate of drug-likeness (QED) is 0.235. The van der Waals surface area contributed by atoms with Crippen molar-refractivity contribution in [3.63, 3.8) is 0 Å². The first-order valence-corrected chi connectivity index (χ1v) is 18.9. The molecule has 0 unspecified atom stereocenters. The summed E-state index contributed by atoms with van der Waals surface area (Å²) in [7, 11) is 0.290. The van der Waals surface area contributed by atoms with Crippen molar-refractivity contribution in [3.8, 4) is 0 Å². The van der Waals surface area contributed by atoms with Gasteiger partial charge in [0.25, 0.3) is 0 Å². The third-order valence-electron chi connectivity index (χ3n) is 9.76. The second-order valence-corrected chi connectivity index (χ2v) is 17.9. The second kappa shape index (κ2) is 16.4. The molecule has 0 nitrogen and oxygen atoms in total. The van der Waals surface area contributed by atoms with Crippen molar-refractivity contribution in [1.82, 2.24) is 0 Å². The molecule has 0 atom stereocenters. The normalized spacial score (nSPS) is 23.0. The Kier molecular flexibility index (Phi) is 13.3. The summed E-state index contributed by atoms with van der Waals surface area (Å²) in [5, 5.41) is 3.45. The summed E-state index contributed by atoms with van der Waals surface area (Å²) in [5.74, 6) is 0. The van der Waals surface area contributed by atoms with Crippen LogP contribution in [-0.4, -0.2) is 22.6 Å². The average molecular weight is 582 g/mol. The van der Waals surface area contributed by atoms with E-state index in [9.17, 15) is 0 Å². The van der Waals surface area contributed by atoms with E-state index in [-0.39, 0.29) is 32.6 Å². The van der Waals surface area contributed by atoms with E-state index in [1.54, 1.807) is 10.6 Å². The van der Waals surface area contributed by atoms with Gasteiger partial charge in [0, 0.05) is 0 Å². The minimum absolute atomic E-state index is 0. The van der Waals surface area contributed by atoms with Gasteiger partial charge in [-0.2, -0.15) is 24.3 Å². The monoisotopic (exact) mass is 581 g/mol. The molecule has 207 valence electrons. The summed E-state index contributed by atoms with van der Waals surface area (Å²) in [6, 6.07) is 18.7. The van der Waals surface area contributed by atoms with Crippen LogP contribution in [0.15, 0.2) is 48.5 Å². The van der Waals surface area contributed by atoms with E-state index in [1.165, 1.54) is 128 Å². The number of hydrogen-bond donors (Lipinski definition) is 0. The zero-order valence-corrected chi connectivity index (χ0v) is 26.1. The first kappa shape index (κ1) is 30.0. The molecule has 0 amide bonds. The Bertz CT molecular complexity index is 698. The molecule has 2 aromatic carbocycles. The van der Waals surface area contributed by atoms with Crippen LogP contribution in [0.3, 0.4) is 0 Å². The molecule has 4 aliphatic carbocycles. The SMILES string of the molecule is [Co+2].c1c[cH-]c(P(C2CCCCC2)C2CCCCC2)c1.c1c[cH-]c(P(C2CCCCC2)C2CCCCC2)c1. The van der Waals surface area contributed by atoms with Crippen LogP contribution >= 0.6 is 15.8 Å². The topological polar surface area (TPSA) is 0 Å². The van der Waals surface area contributed by atoms with E-state index in [0.717, 1.165) is 22.6 Å². The van der Waals surface area contributed by atoms with Crippen molar-refractivity contribution < 1.29 is 16.8 Å². The molecule has 0 aromatic heterocycles. The van der Waals surface area contributed by atoms with Crippen LogP contribution in [0.25, 0.3) is 0 Å². The number of hydrogen-bond acceptors (Lipinski definition) is 0. The molecule has 0 aliphatic heterocycles. The molecule has 0 heterocycles. The van der Waals surface area contributed by atoms with Crippen molar-refractivity contribution in [3.05, 3.63) is 48.5 Å². The summed E-state index contributed by atoms with van der Waals surface area (Å²) in [6.45, 7) is 0. The van der Waals surface area contributed by atoms with Crippen LogP contribution in [0.2, 0.25) is 0 Å². The molecule has 4 saturated carbocycles. The maximum atomic E-state index is 2.43. The molecule has 0 saturated heterocycles. The maximum Gasteiger partial charge on any atom is 2.00 e. The Morgan fingerprint density at radius 3 is 0.919 bits per heavy atom. The molecule has 4 fully saturated rings. The van der Waals surface area contributed by atoms with Crippen LogP contribution in [0.5, 0.6) is 0 Å². The fraction of sp³-hybridized carbons (Fsp3) is 0.706. The Balaban J connectivity index is 0.000000168. The second-order valence-electron chi connectivity index (χ2n) is 12.3. The molecule has 0 bridgehead atoms. The van der Waals surface area contributed by atoms with Gasteiger partial charge in [-0.25, -0.2) is 24.3 Å². The van der Waals surface area contributed by atoms with Gasteiger partial charge in [0.1, 0.15) is 0 Å². The van der Waals surface area contributed by atoms with Gasteiger partial charge in [-0.05, 0) is 74.0 Å². The molecule has 0 spiro atoms. The van der Waals surface area contributed by atoms with Gasteiger partial charge in [-0.1, -0.05) is 92.9 Å². The van der Waals surface area contributed by atoms with Gasteiger partial charge in [-0.15, -0.1) is 10.6 Å². The van der Waals surface area contributed by atoms with Crippen LogP contribution in [0, 0.1) is 0 Å². The van der Waals surface area contributed by atoms with E-state index in [0.29, 0.717) is 0 Å². The fourth-order valence-electron chi connectivity index (χ4n) is 7.95. The summed E-state index contributed by atoms with van der Waals surface area (Å²) in [4.78, 5) is 0. The van der Waals surface area contributed by atoms with E-state index < -0.39 is 0 Å². The van der Waals surface area contributed by atoms with Gasteiger partial charge < -0.3 is 0 Å². The third kappa shape index (κ3) is 8.53. The van der Waals surface area contributed by atoms with Gasteiger partial charge >= 0.3 is 16.8 Å². The minimum Gasteiger partial charge on any atom is -0.213 e. The van der Waals surface area contributed by atoms with Gasteiger partial charge in [0.05, 0.1) is 0 Å². The first-order valence-electron chi connectivity index (χ1n) is 15.9. The predicted molar refractivity (Wildman–Crippen MR) is 165 cm³/mol. The molecule has 3 heteroatoms. The molecule has 6 rings (SSSR count). The molecule has 4 aliphatic rings. The molecule has 37 heavy (non-hydrogen) atoms. The van der Waals surface area contributed by atoms with Crippen LogP contribution < -0.4 is 10.6 Å². The van der Waals surface area contributed by atoms with E-state index in [1.807, 2.05) is 0 Å². The Morgan fingerprint density at radius 2 is 0.703 bits per heavy atom. The van der Waals surface area contributed by atoms with E-state index in [4.69, 9.17) is 0 Å². The maximum absolute atomic E-state index is 2.43. The summed E-state index contributed by atoms with van der Waals surface area (Å²) in [5.41, 5.74) is 4.22. The standard InChI is InChI=1S/2C17H26P.Co/c2*1-3-9-15(10-4-1)18(17-13-7-8-14-17)16-11-5-2-6-12-16;/h2*7-8,13-16H,1-6,9-12H2;/q2*-1;+2. The fourth-order valence-corrected chi connectivity index (χ4v) is 15.5. The summed E-state index contributed by atoms with van der Waals surface area (Å²) < 4.78 is 0. The van der Waals surface area contributed by atoms with Crippen molar-refractivity contribution in [2.45, 2.75) is 151 Å². The van der Waals surface area contributed by atoms with Crippen LogP contribution in [-0.2, 0) is 16.8 Å².